The molecule has 9 heteroatoms. The lowest BCUT2D eigenvalue weighted by Gasteiger charge is -2.25. The van der Waals surface area contributed by atoms with Crippen molar-refractivity contribution >= 4 is 41.0 Å². The van der Waals surface area contributed by atoms with E-state index < -0.39 is 5.82 Å². The summed E-state index contributed by atoms with van der Waals surface area (Å²) in [5.41, 5.74) is 1.88. The number of hydrogen-bond donors (Lipinski definition) is 1. The third kappa shape index (κ3) is 7.29. The molecule has 0 saturated carbocycles. The summed E-state index contributed by atoms with van der Waals surface area (Å²) in [6, 6.07) is 11.4. The van der Waals surface area contributed by atoms with E-state index >= 15 is 0 Å². The summed E-state index contributed by atoms with van der Waals surface area (Å²) >= 11 is 12.0. The van der Waals surface area contributed by atoms with Crippen LogP contribution in [0, 0.1) is 17.7 Å². The third-order valence-corrected chi connectivity index (χ3v) is 5.68. The highest BCUT2D eigenvalue weighted by Crippen LogP contribution is 2.27. The fourth-order valence-electron chi connectivity index (χ4n) is 3.57. The van der Waals surface area contributed by atoms with E-state index in [1.54, 1.807) is 33.9 Å². The lowest BCUT2D eigenvalue weighted by Crippen LogP contribution is -2.40. The molecule has 0 bridgehead atoms. The van der Waals surface area contributed by atoms with Gasteiger partial charge in [0.2, 0.25) is 17.8 Å². The first-order valence-corrected chi connectivity index (χ1v) is 12.2. The lowest BCUT2D eigenvalue weighted by molar-refractivity contribution is -0.135. The van der Waals surface area contributed by atoms with Gasteiger partial charge in [-0.25, -0.2) is 9.37 Å². The molecule has 0 aliphatic rings. The number of nitrogens with zero attached hydrogens (tertiary/aromatic N) is 3. The zero-order chi connectivity index (χ0) is 25.7. The van der Waals surface area contributed by atoms with Crippen LogP contribution in [-0.4, -0.2) is 39.4 Å². The van der Waals surface area contributed by atoms with Crippen LogP contribution in [0.25, 0.3) is 16.9 Å². The molecule has 0 atom stereocenters. The van der Waals surface area contributed by atoms with Crippen LogP contribution in [0.2, 0.25) is 10.0 Å². The molecular weight excluding hydrogens is 490 g/mol. The first kappa shape index (κ1) is 26.7. The summed E-state index contributed by atoms with van der Waals surface area (Å²) in [7, 11) is 0. The predicted octanol–water partition coefficient (Wildman–Crippen LogP) is 6.45. The van der Waals surface area contributed by atoms with Crippen molar-refractivity contribution in [3.63, 3.8) is 0 Å². The molecule has 3 aromatic rings. The average molecular weight is 519 g/mol. The number of amides is 2. The standard InChI is InChI=1S/C26H29Cl2FN4O2/c1-16(2)11-25(35)32(13-17(3)4)15-24(34)31-26-30-23(18-5-7-19(27)8-6-18)14-33(26)20-9-10-22(29)21(28)12-20/h5-10,12,14,16-17H,11,13,15H2,1-4H3,(H,30,31,34). The molecule has 2 aromatic carbocycles. The number of nitrogens with one attached hydrogen (secondary N) is 1. The van der Waals surface area contributed by atoms with E-state index in [0.717, 1.165) is 5.56 Å². The van der Waals surface area contributed by atoms with Crippen molar-refractivity contribution in [1.29, 1.82) is 0 Å². The highest BCUT2D eigenvalue weighted by atomic mass is 35.5. The summed E-state index contributed by atoms with van der Waals surface area (Å²) in [4.78, 5) is 31.9. The number of carbonyl (C=O) groups excluding carboxylic acids is 2. The van der Waals surface area contributed by atoms with Crippen LogP contribution in [-0.2, 0) is 9.59 Å². The normalized spacial score (nSPS) is 11.2. The maximum Gasteiger partial charge on any atom is 0.246 e. The minimum absolute atomic E-state index is 0.0519. The Morgan fingerprint density at radius 2 is 1.74 bits per heavy atom. The van der Waals surface area contributed by atoms with Crippen LogP contribution in [0.1, 0.15) is 34.1 Å². The maximum absolute atomic E-state index is 13.8. The Morgan fingerprint density at radius 3 is 2.34 bits per heavy atom. The van der Waals surface area contributed by atoms with E-state index in [4.69, 9.17) is 23.2 Å². The van der Waals surface area contributed by atoms with Gasteiger partial charge in [-0.15, -0.1) is 0 Å². The summed E-state index contributed by atoms with van der Waals surface area (Å²) in [5, 5.41) is 3.35. The molecule has 0 radical (unpaired) electrons. The van der Waals surface area contributed by atoms with Crippen molar-refractivity contribution in [2.45, 2.75) is 34.1 Å². The second kappa shape index (κ2) is 11.7. The molecule has 35 heavy (non-hydrogen) atoms. The Morgan fingerprint density at radius 1 is 1.06 bits per heavy atom. The topological polar surface area (TPSA) is 67.2 Å². The zero-order valence-electron chi connectivity index (χ0n) is 20.2. The zero-order valence-corrected chi connectivity index (χ0v) is 21.7. The quantitative estimate of drug-likeness (QED) is 0.353. The van der Waals surface area contributed by atoms with Crippen LogP contribution >= 0.6 is 23.2 Å². The van der Waals surface area contributed by atoms with E-state index in [-0.39, 0.29) is 41.2 Å². The van der Waals surface area contributed by atoms with Gasteiger partial charge in [-0.2, -0.15) is 0 Å². The highest BCUT2D eigenvalue weighted by Gasteiger charge is 2.21. The monoisotopic (exact) mass is 518 g/mol. The SMILES string of the molecule is CC(C)CC(=O)N(CC(=O)Nc1nc(-c2ccc(Cl)cc2)cn1-c1ccc(F)c(Cl)c1)CC(C)C. The molecule has 186 valence electrons. The van der Waals surface area contributed by atoms with Gasteiger partial charge >= 0.3 is 0 Å². The van der Waals surface area contributed by atoms with Crippen molar-refractivity contribution < 1.29 is 14.0 Å². The average Bonchev–Trinajstić information content (AvgIpc) is 3.18. The molecule has 1 N–H and O–H groups in total. The first-order chi connectivity index (χ1) is 16.5. The molecule has 0 unspecified atom stereocenters. The van der Waals surface area contributed by atoms with E-state index in [1.165, 1.54) is 12.1 Å². The molecule has 0 aliphatic carbocycles. The molecule has 3 rings (SSSR count). The molecule has 2 amide bonds. The molecule has 1 aromatic heterocycles. The molecule has 6 nitrogen and oxygen atoms in total. The Hall–Kier alpha value is -2.90. The van der Waals surface area contributed by atoms with Crippen LogP contribution in [0.15, 0.2) is 48.7 Å². The van der Waals surface area contributed by atoms with Gasteiger partial charge in [0.1, 0.15) is 5.82 Å². The first-order valence-electron chi connectivity index (χ1n) is 11.4. The van der Waals surface area contributed by atoms with Crippen molar-refractivity contribution in [3.05, 3.63) is 64.5 Å². The lowest BCUT2D eigenvalue weighted by atomic mass is 10.1. The molecular formula is C26H29Cl2FN4O2. The number of imidazole rings is 1. The number of halogens is 3. The molecule has 0 saturated heterocycles. The fraction of sp³-hybridized carbons (Fsp3) is 0.346. The van der Waals surface area contributed by atoms with Crippen LogP contribution in [0.4, 0.5) is 10.3 Å². The summed E-state index contributed by atoms with van der Waals surface area (Å²) in [5.74, 6) is -0.386. The summed E-state index contributed by atoms with van der Waals surface area (Å²) in [6.45, 7) is 8.30. The van der Waals surface area contributed by atoms with Gasteiger partial charge in [0.25, 0.3) is 0 Å². The van der Waals surface area contributed by atoms with E-state index in [2.05, 4.69) is 10.3 Å². The molecule has 0 aliphatic heterocycles. The van der Waals surface area contributed by atoms with E-state index in [9.17, 15) is 14.0 Å². The van der Waals surface area contributed by atoms with Gasteiger partial charge in [0.15, 0.2) is 0 Å². The largest absolute Gasteiger partial charge is 0.333 e. The van der Waals surface area contributed by atoms with Crippen molar-refractivity contribution in [2.24, 2.45) is 11.8 Å². The predicted molar refractivity (Wildman–Crippen MR) is 138 cm³/mol. The van der Waals surface area contributed by atoms with Crippen LogP contribution in [0.3, 0.4) is 0 Å². The van der Waals surface area contributed by atoms with E-state index in [1.807, 2.05) is 39.8 Å². The van der Waals surface area contributed by atoms with Gasteiger partial charge < -0.3 is 4.90 Å². The number of aromatic nitrogens is 2. The number of carbonyl (C=O) groups is 2. The number of anilines is 1. The minimum Gasteiger partial charge on any atom is -0.333 e. The fourth-order valence-corrected chi connectivity index (χ4v) is 3.87. The Bertz CT molecular complexity index is 1190. The summed E-state index contributed by atoms with van der Waals surface area (Å²) in [6.07, 6.45) is 2.08. The van der Waals surface area contributed by atoms with E-state index in [0.29, 0.717) is 29.4 Å². The number of hydrogen-bond acceptors (Lipinski definition) is 3. The van der Waals surface area contributed by atoms with Gasteiger partial charge in [0, 0.05) is 29.7 Å². The smallest absolute Gasteiger partial charge is 0.246 e. The van der Waals surface area contributed by atoms with Gasteiger partial charge in [-0.1, -0.05) is 63.0 Å². The minimum atomic E-state index is -0.549. The van der Waals surface area contributed by atoms with Crippen molar-refractivity contribution in [2.75, 3.05) is 18.4 Å². The van der Waals surface area contributed by atoms with Gasteiger partial charge in [-0.3, -0.25) is 19.5 Å². The Kier molecular flexibility index (Phi) is 8.92. The van der Waals surface area contributed by atoms with Crippen LogP contribution < -0.4 is 5.32 Å². The molecule has 0 spiro atoms. The number of benzene rings is 2. The van der Waals surface area contributed by atoms with Crippen molar-refractivity contribution in [1.82, 2.24) is 14.5 Å². The van der Waals surface area contributed by atoms with Gasteiger partial charge in [0.05, 0.1) is 22.9 Å². The highest BCUT2D eigenvalue weighted by molar-refractivity contribution is 6.31. The van der Waals surface area contributed by atoms with Crippen LogP contribution in [0.5, 0.6) is 0 Å². The second-order valence-electron chi connectivity index (χ2n) is 9.24. The molecule has 0 fully saturated rings. The van der Waals surface area contributed by atoms with Crippen molar-refractivity contribution in [3.8, 4) is 16.9 Å². The Balaban J connectivity index is 1.92. The third-order valence-electron chi connectivity index (χ3n) is 5.13. The summed E-state index contributed by atoms with van der Waals surface area (Å²) < 4.78 is 15.4. The number of rotatable bonds is 9. The maximum atomic E-state index is 13.8. The second-order valence-corrected chi connectivity index (χ2v) is 10.1. The molecule has 1 heterocycles. The Labute approximate surface area is 215 Å². The van der Waals surface area contributed by atoms with Gasteiger partial charge in [-0.05, 0) is 42.2 Å².